The van der Waals surface area contributed by atoms with Crippen molar-refractivity contribution in [2.24, 2.45) is 0 Å². The lowest BCUT2D eigenvalue weighted by molar-refractivity contribution is 0.331. The van der Waals surface area contributed by atoms with Crippen LogP contribution in [0.3, 0.4) is 0 Å². The summed E-state index contributed by atoms with van der Waals surface area (Å²) in [5.41, 5.74) is 5.29. The van der Waals surface area contributed by atoms with Crippen molar-refractivity contribution in [1.82, 2.24) is 4.90 Å². The van der Waals surface area contributed by atoms with E-state index in [2.05, 4.69) is 42.2 Å². The molecule has 0 aromatic heterocycles. The Morgan fingerprint density at radius 2 is 1.70 bits per heavy atom. The molecule has 0 atom stereocenters. The number of rotatable bonds is 3. The summed E-state index contributed by atoms with van der Waals surface area (Å²) in [5.74, 6) is 0. The van der Waals surface area contributed by atoms with E-state index in [0.29, 0.717) is 0 Å². The second-order valence-electron chi connectivity index (χ2n) is 5.64. The van der Waals surface area contributed by atoms with Crippen molar-refractivity contribution in [3.63, 3.8) is 0 Å². The predicted octanol–water partition coefficient (Wildman–Crippen LogP) is 4.91. The van der Waals surface area contributed by atoms with Gasteiger partial charge in [0.25, 0.3) is 0 Å². The summed E-state index contributed by atoms with van der Waals surface area (Å²) in [7, 11) is 0. The summed E-state index contributed by atoms with van der Waals surface area (Å²) in [5, 5.41) is 0.791. The van der Waals surface area contributed by atoms with Gasteiger partial charge < -0.3 is 0 Å². The molecule has 20 heavy (non-hydrogen) atoms. The molecule has 1 saturated heterocycles. The number of hydrogen-bond donors (Lipinski definition) is 0. The number of nitrogens with zero attached hydrogens (tertiary/aromatic N) is 1. The van der Waals surface area contributed by atoms with Gasteiger partial charge in [0.05, 0.1) is 0 Å². The molecule has 1 heterocycles. The number of hydrogen-bond acceptors (Lipinski definition) is 1. The molecule has 104 valence electrons. The first kappa shape index (κ1) is 13.7. The zero-order valence-corrected chi connectivity index (χ0v) is 12.7. The minimum atomic E-state index is 0.791. The molecule has 1 aliphatic heterocycles. The smallest absolute Gasteiger partial charge is 0.0406 e. The topological polar surface area (TPSA) is 3.24 Å². The van der Waals surface area contributed by atoms with E-state index in [1.807, 2.05) is 12.1 Å². The van der Waals surface area contributed by atoms with Gasteiger partial charge in [-0.25, -0.2) is 0 Å². The Bertz CT molecular complexity index is 583. The molecule has 0 amide bonds. The Labute approximate surface area is 126 Å². The zero-order valence-electron chi connectivity index (χ0n) is 11.9. The second-order valence-corrected chi connectivity index (χ2v) is 6.08. The van der Waals surface area contributed by atoms with Crippen LogP contribution in [0.5, 0.6) is 0 Å². The van der Waals surface area contributed by atoms with Gasteiger partial charge in [-0.05, 0) is 73.3 Å². The quantitative estimate of drug-likeness (QED) is 0.774. The first-order valence-electron chi connectivity index (χ1n) is 7.30. The van der Waals surface area contributed by atoms with Crippen LogP contribution in [0.4, 0.5) is 0 Å². The highest BCUT2D eigenvalue weighted by atomic mass is 35.5. The normalized spacial score (nSPS) is 15.7. The fourth-order valence-corrected chi connectivity index (χ4v) is 3.03. The van der Waals surface area contributed by atoms with Crippen LogP contribution >= 0.6 is 11.6 Å². The van der Waals surface area contributed by atoms with Gasteiger partial charge in [-0.1, -0.05) is 35.9 Å². The largest absolute Gasteiger partial charge is 0.299 e. The maximum Gasteiger partial charge on any atom is 0.0406 e. The van der Waals surface area contributed by atoms with E-state index in [-0.39, 0.29) is 0 Å². The lowest BCUT2D eigenvalue weighted by atomic mass is 9.98. The number of benzene rings is 2. The molecule has 0 spiro atoms. The van der Waals surface area contributed by atoms with Gasteiger partial charge in [-0.2, -0.15) is 0 Å². The fourth-order valence-electron chi connectivity index (χ4n) is 2.91. The average Bonchev–Trinajstić information content (AvgIpc) is 2.95. The van der Waals surface area contributed by atoms with Crippen molar-refractivity contribution in [2.45, 2.75) is 26.3 Å². The van der Waals surface area contributed by atoms with Crippen LogP contribution in [0.1, 0.15) is 24.0 Å². The van der Waals surface area contributed by atoms with Crippen LogP contribution in [-0.4, -0.2) is 18.0 Å². The number of aryl methyl sites for hydroxylation is 1. The van der Waals surface area contributed by atoms with Gasteiger partial charge in [0.2, 0.25) is 0 Å². The molecule has 2 heteroatoms. The van der Waals surface area contributed by atoms with Crippen molar-refractivity contribution >= 4 is 11.6 Å². The summed E-state index contributed by atoms with van der Waals surface area (Å²) in [6.07, 6.45) is 2.69. The molecule has 1 nitrogen and oxygen atoms in total. The summed E-state index contributed by atoms with van der Waals surface area (Å²) in [6.45, 7) is 5.72. The Kier molecular flexibility index (Phi) is 4.09. The summed E-state index contributed by atoms with van der Waals surface area (Å²) in [6, 6.07) is 14.9. The van der Waals surface area contributed by atoms with Gasteiger partial charge in [-0.3, -0.25) is 4.90 Å². The van der Waals surface area contributed by atoms with Gasteiger partial charge >= 0.3 is 0 Å². The van der Waals surface area contributed by atoms with Crippen LogP contribution in [0.25, 0.3) is 11.1 Å². The number of halogens is 1. The minimum Gasteiger partial charge on any atom is -0.299 e. The molecule has 0 radical (unpaired) electrons. The highest BCUT2D eigenvalue weighted by molar-refractivity contribution is 6.30. The Morgan fingerprint density at radius 1 is 1.00 bits per heavy atom. The molecule has 0 saturated carbocycles. The summed E-state index contributed by atoms with van der Waals surface area (Å²) >= 11 is 5.98. The van der Waals surface area contributed by atoms with Crippen molar-refractivity contribution in [2.75, 3.05) is 13.1 Å². The van der Waals surface area contributed by atoms with Crippen molar-refractivity contribution in [3.8, 4) is 11.1 Å². The first-order valence-corrected chi connectivity index (χ1v) is 7.68. The predicted molar refractivity (Wildman–Crippen MR) is 86.1 cm³/mol. The second kappa shape index (κ2) is 5.99. The molecule has 2 aromatic carbocycles. The van der Waals surface area contributed by atoms with E-state index < -0.39 is 0 Å². The fraction of sp³-hybridized carbons (Fsp3) is 0.333. The van der Waals surface area contributed by atoms with Gasteiger partial charge in [0.15, 0.2) is 0 Å². The molecule has 2 aromatic rings. The van der Waals surface area contributed by atoms with Crippen LogP contribution in [0.15, 0.2) is 42.5 Å². The third kappa shape index (κ3) is 3.05. The maximum atomic E-state index is 5.98. The van der Waals surface area contributed by atoms with Gasteiger partial charge in [-0.15, -0.1) is 0 Å². The van der Waals surface area contributed by atoms with E-state index in [1.54, 1.807) is 0 Å². The average molecular weight is 286 g/mol. The molecule has 0 bridgehead atoms. The molecular weight excluding hydrogens is 266 g/mol. The Hall–Kier alpha value is -1.31. The standard InChI is InChI=1S/C18H20ClN/c1-14-4-5-15(13-20-10-2-3-11-20)12-18(14)16-6-8-17(19)9-7-16/h4-9,12H,2-3,10-11,13H2,1H3. The molecular formula is C18H20ClN. The number of likely N-dealkylation sites (tertiary alicyclic amines) is 1. The van der Waals surface area contributed by atoms with E-state index >= 15 is 0 Å². The third-order valence-corrected chi connectivity index (χ3v) is 4.31. The highest BCUT2D eigenvalue weighted by Crippen LogP contribution is 2.27. The zero-order chi connectivity index (χ0) is 13.9. The van der Waals surface area contributed by atoms with Crippen LogP contribution in [0, 0.1) is 6.92 Å². The molecule has 1 fully saturated rings. The van der Waals surface area contributed by atoms with Crippen molar-refractivity contribution in [1.29, 1.82) is 0 Å². The third-order valence-electron chi connectivity index (χ3n) is 4.06. The SMILES string of the molecule is Cc1ccc(CN2CCCC2)cc1-c1ccc(Cl)cc1. The van der Waals surface area contributed by atoms with Gasteiger partial charge in [0, 0.05) is 11.6 Å². The lowest BCUT2D eigenvalue weighted by Crippen LogP contribution is -2.18. The van der Waals surface area contributed by atoms with E-state index in [4.69, 9.17) is 11.6 Å². The first-order chi connectivity index (χ1) is 9.72. The molecule has 0 aliphatic carbocycles. The van der Waals surface area contributed by atoms with Crippen molar-refractivity contribution < 1.29 is 0 Å². The summed E-state index contributed by atoms with van der Waals surface area (Å²) < 4.78 is 0. The van der Waals surface area contributed by atoms with Crippen LogP contribution in [-0.2, 0) is 6.54 Å². The summed E-state index contributed by atoms with van der Waals surface area (Å²) in [4.78, 5) is 2.54. The molecule has 3 rings (SSSR count). The van der Waals surface area contributed by atoms with Crippen molar-refractivity contribution in [3.05, 3.63) is 58.6 Å². The maximum absolute atomic E-state index is 5.98. The molecule has 0 unspecified atom stereocenters. The van der Waals surface area contributed by atoms with E-state index in [9.17, 15) is 0 Å². The van der Waals surface area contributed by atoms with E-state index in [1.165, 1.54) is 48.2 Å². The lowest BCUT2D eigenvalue weighted by Gasteiger charge is -2.16. The molecule has 1 aliphatic rings. The minimum absolute atomic E-state index is 0.791. The monoisotopic (exact) mass is 285 g/mol. The Morgan fingerprint density at radius 3 is 2.40 bits per heavy atom. The van der Waals surface area contributed by atoms with Gasteiger partial charge in [0.1, 0.15) is 0 Å². The van der Waals surface area contributed by atoms with Crippen LogP contribution < -0.4 is 0 Å². The van der Waals surface area contributed by atoms with Crippen LogP contribution in [0.2, 0.25) is 5.02 Å². The Balaban J connectivity index is 1.87. The van der Waals surface area contributed by atoms with E-state index in [0.717, 1.165) is 11.6 Å². The molecule has 0 N–H and O–H groups in total. The highest BCUT2D eigenvalue weighted by Gasteiger charge is 2.12.